The van der Waals surface area contributed by atoms with Crippen molar-refractivity contribution in [1.82, 2.24) is 25.3 Å². The summed E-state index contributed by atoms with van der Waals surface area (Å²) in [5.41, 5.74) is 2.49. The standard InChI is InChI=1S/C19H19N5O2/c1-26-16-8-6-15(7-9-16)24-18(14-3-2-10-20-12-14)17(22-23-24)19(25)21-11-13-4-5-13/h2-3,6-10,12-13H,4-5,11H2,1H3,(H,21,25). The molecule has 0 unspecified atom stereocenters. The Balaban J connectivity index is 1.74. The fraction of sp³-hybridized carbons (Fsp3) is 0.263. The number of aromatic nitrogens is 4. The van der Waals surface area contributed by atoms with Gasteiger partial charge in [-0.1, -0.05) is 5.21 Å². The van der Waals surface area contributed by atoms with Crippen LogP contribution < -0.4 is 10.1 Å². The first-order valence-corrected chi connectivity index (χ1v) is 8.55. The molecule has 3 aromatic rings. The van der Waals surface area contributed by atoms with Crippen molar-refractivity contribution in [1.29, 1.82) is 0 Å². The lowest BCUT2D eigenvalue weighted by Gasteiger charge is -2.09. The molecule has 0 radical (unpaired) electrons. The number of hydrogen-bond acceptors (Lipinski definition) is 5. The molecule has 132 valence electrons. The lowest BCUT2D eigenvalue weighted by molar-refractivity contribution is 0.0947. The highest BCUT2D eigenvalue weighted by molar-refractivity contribution is 5.98. The van der Waals surface area contributed by atoms with Gasteiger partial charge < -0.3 is 10.1 Å². The van der Waals surface area contributed by atoms with E-state index in [-0.39, 0.29) is 5.91 Å². The molecule has 7 nitrogen and oxygen atoms in total. The molecule has 0 saturated heterocycles. The van der Waals surface area contributed by atoms with Gasteiger partial charge >= 0.3 is 0 Å². The quantitative estimate of drug-likeness (QED) is 0.739. The van der Waals surface area contributed by atoms with E-state index in [1.807, 2.05) is 36.4 Å². The average molecular weight is 349 g/mol. The summed E-state index contributed by atoms with van der Waals surface area (Å²) in [6, 6.07) is 11.2. The molecule has 4 rings (SSSR count). The van der Waals surface area contributed by atoms with E-state index in [0.29, 0.717) is 23.9 Å². The molecule has 1 fully saturated rings. The zero-order valence-electron chi connectivity index (χ0n) is 14.4. The number of amides is 1. The maximum absolute atomic E-state index is 12.6. The van der Waals surface area contributed by atoms with Crippen LogP contribution in [0.3, 0.4) is 0 Å². The van der Waals surface area contributed by atoms with Crippen molar-refractivity contribution >= 4 is 5.91 Å². The van der Waals surface area contributed by atoms with Crippen molar-refractivity contribution in [3.8, 4) is 22.7 Å². The maximum Gasteiger partial charge on any atom is 0.274 e. The Morgan fingerprint density at radius 1 is 1.27 bits per heavy atom. The Morgan fingerprint density at radius 2 is 2.08 bits per heavy atom. The van der Waals surface area contributed by atoms with Crippen LogP contribution in [0.5, 0.6) is 5.75 Å². The summed E-state index contributed by atoms with van der Waals surface area (Å²) < 4.78 is 6.86. The van der Waals surface area contributed by atoms with Crippen molar-refractivity contribution in [3.63, 3.8) is 0 Å². The molecule has 1 aromatic carbocycles. The largest absolute Gasteiger partial charge is 0.497 e. The van der Waals surface area contributed by atoms with Gasteiger partial charge in [0.1, 0.15) is 11.4 Å². The molecule has 1 aliphatic carbocycles. The Kier molecular flexibility index (Phi) is 4.35. The molecule has 1 N–H and O–H groups in total. The minimum atomic E-state index is -0.212. The van der Waals surface area contributed by atoms with Crippen LogP contribution in [-0.4, -0.2) is 39.5 Å². The van der Waals surface area contributed by atoms with Gasteiger partial charge in [0.2, 0.25) is 0 Å². The van der Waals surface area contributed by atoms with Crippen molar-refractivity contribution in [2.45, 2.75) is 12.8 Å². The molecular weight excluding hydrogens is 330 g/mol. The van der Waals surface area contributed by atoms with Gasteiger partial charge in [-0.15, -0.1) is 5.10 Å². The molecule has 0 aliphatic heterocycles. The highest BCUT2D eigenvalue weighted by Gasteiger charge is 2.25. The molecule has 2 heterocycles. The van der Waals surface area contributed by atoms with Gasteiger partial charge in [0.25, 0.3) is 5.91 Å². The van der Waals surface area contributed by atoms with Crippen molar-refractivity contribution < 1.29 is 9.53 Å². The van der Waals surface area contributed by atoms with Crippen LogP contribution in [0.25, 0.3) is 16.9 Å². The third-order valence-electron chi connectivity index (χ3n) is 4.39. The van der Waals surface area contributed by atoms with Gasteiger partial charge in [0.15, 0.2) is 5.69 Å². The molecule has 0 bridgehead atoms. The van der Waals surface area contributed by atoms with Gasteiger partial charge in [-0.05, 0) is 55.2 Å². The second-order valence-electron chi connectivity index (χ2n) is 6.29. The van der Waals surface area contributed by atoms with Crippen LogP contribution in [0.15, 0.2) is 48.8 Å². The Morgan fingerprint density at radius 3 is 2.73 bits per heavy atom. The smallest absolute Gasteiger partial charge is 0.274 e. The minimum Gasteiger partial charge on any atom is -0.497 e. The van der Waals surface area contributed by atoms with Gasteiger partial charge in [0.05, 0.1) is 12.8 Å². The van der Waals surface area contributed by atoms with Gasteiger partial charge in [-0.3, -0.25) is 9.78 Å². The van der Waals surface area contributed by atoms with Crippen molar-refractivity contribution in [3.05, 3.63) is 54.5 Å². The monoisotopic (exact) mass is 349 g/mol. The summed E-state index contributed by atoms with van der Waals surface area (Å²) in [6.45, 7) is 0.681. The molecule has 7 heteroatoms. The molecule has 2 aromatic heterocycles. The van der Waals surface area contributed by atoms with Crippen LogP contribution in [0.4, 0.5) is 0 Å². The normalized spacial score (nSPS) is 13.4. The number of ether oxygens (including phenoxy) is 1. The van der Waals surface area contributed by atoms with Gasteiger partial charge in [-0.2, -0.15) is 0 Å². The SMILES string of the molecule is COc1ccc(-n2nnc(C(=O)NCC3CC3)c2-c2cccnc2)cc1. The fourth-order valence-corrected chi connectivity index (χ4v) is 2.74. The number of rotatable bonds is 6. The summed E-state index contributed by atoms with van der Waals surface area (Å²) in [7, 11) is 1.62. The number of hydrogen-bond donors (Lipinski definition) is 1. The van der Waals surface area contributed by atoms with Gasteiger partial charge in [-0.25, -0.2) is 4.68 Å². The molecule has 26 heavy (non-hydrogen) atoms. The molecule has 0 atom stereocenters. The first-order valence-electron chi connectivity index (χ1n) is 8.55. The molecule has 1 amide bonds. The zero-order chi connectivity index (χ0) is 17.9. The first kappa shape index (κ1) is 16.3. The van der Waals surface area contributed by atoms with E-state index in [0.717, 1.165) is 17.0 Å². The zero-order valence-corrected chi connectivity index (χ0v) is 14.4. The third kappa shape index (κ3) is 3.28. The van der Waals surface area contributed by atoms with Gasteiger partial charge in [0, 0.05) is 24.5 Å². The Labute approximate surface area is 151 Å². The second-order valence-corrected chi connectivity index (χ2v) is 6.29. The maximum atomic E-state index is 12.6. The summed E-state index contributed by atoms with van der Waals surface area (Å²) in [6.07, 6.45) is 5.75. The number of nitrogens with one attached hydrogen (secondary N) is 1. The number of carbonyl (C=O) groups excluding carboxylic acids is 1. The predicted molar refractivity (Wildman–Crippen MR) is 96.2 cm³/mol. The average Bonchev–Trinajstić information content (AvgIpc) is 3.42. The lowest BCUT2D eigenvalue weighted by atomic mass is 10.1. The highest BCUT2D eigenvalue weighted by Crippen LogP contribution is 2.28. The van der Waals surface area contributed by atoms with E-state index in [9.17, 15) is 4.79 Å². The number of methoxy groups -OCH3 is 1. The topological polar surface area (TPSA) is 81.9 Å². The summed E-state index contributed by atoms with van der Waals surface area (Å²) in [5.74, 6) is 1.13. The second kappa shape index (κ2) is 6.95. The summed E-state index contributed by atoms with van der Waals surface area (Å²) >= 11 is 0. The molecule has 0 spiro atoms. The summed E-state index contributed by atoms with van der Waals surface area (Å²) in [4.78, 5) is 16.8. The number of carbonyl (C=O) groups is 1. The van der Waals surface area contributed by atoms with Crippen LogP contribution in [0.2, 0.25) is 0 Å². The van der Waals surface area contributed by atoms with Crippen molar-refractivity contribution in [2.24, 2.45) is 5.92 Å². The molecule has 1 saturated carbocycles. The van der Waals surface area contributed by atoms with E-state index in [2.05, 4.69) is 20.6 Å². The van der Waals surface area contributed by atoms with E-state index in [4.69, 9.17) is 4.74 Å². The van der Waals surface area contributed by atoms with E-state index < -0.39 is 0 Å². The van der Waals surface area contributed by atoms with Crippen LogP contribution in [0, 0.1) is 5.92 Å². The number of pyridine rings is 1. The Bertz CT molecular complexity index is 901. The fourth-order valence-electron chi connectivity index (χ4n) is 2.74. The summed E-state index contributed by atoms with van der Waals surface area (Å²) in [5, 5.41) is 11.3. The number of benzene rings is 1. The van der Waals surface area contributed by atoms with E-state index in [1.165, 1.54) is 12.8 Å². The van der Waals surface area contributed by atoms with Crippen LogP contribution in [-0.2, 0) is 0 Å². The third-order valence-corrected chi connectivity index (χ3v) is 4.39. The first-order chi connectivity index (χ1) is 12.8. The van der Waals surface area contributed by atoms with E-state index in [1.54, 1.807) is 24.2 Å². The number of nitrogens with zero attached hydrogens (tertiary/aromatic N) is 4. The highest BCUT2D eigenvalue weighted by atomic mass is 16.5. The molecule has 1 aliphatic rings. The minimum absolute atomic E-state index is 0.212. The van der Waals surface area contributed by atoms with E-state index >= 15 is 0 Å². The predicted octanol–water partition coefficient (Wildman–Crippen LogP) is 2.48. The molecular formula is C19H19N5O2. The van der Waals surface area contributed by atoms with Crippen molar-refractivity contribution in [2.75, 3.05) is 13.7 Å². The van der Waals surface area contributed by atoms with Crippen LogP contribution >= 0.6 is 0 Å². The Hall–Kier alpha value is -3.22. The van der Waals surface area contributed by atoms with Crippen LogP contribution in [0.1, 0.15) is 23.3 Å². The lowest BCUT2D eigenvalue weighted by Crippen LogP contribution is -2.26.